The Morgan fingerprint density at radius 1 is 1.05 bits per heavy atom. The average Bonchev–Trinajstić information content (AvgIpc) is 3.52. The van der Waals surface area contributed by atoms with Gasteiger partial charge in [-0.15, -0.1) is 0 Å². The van der Waals surface area contributed by atoms with Crippen molar-refractivity contribution < 1.29 is 28.2 Å². The molecule has 1 saturated carbocycles. The van der Waals surface area contributed by atoms with Gasteiger partial charge in [-0.2, -0.15) is 0 Å². The van der Waals surface area contributed by atoms with Crippen LogP contribution in [0, 0.1) is 5.92 Å². The van der Waals surface area contributed by atoms with Gasteiger partial charge in [-0.25, -0.2) is 9.18 Å². The van der Waals surface area contributed by atoms with Gasteiger partial charge in [-0.3, -0.25) is 9.59 Å². The van der Waals surface area contributed by atoms with Gasteiger partial charge in [0.15, 0.2) is 0 Å². The minimum atomic E-state index is -1.01. The fourth-order valence-corrected chi connectivity index (χ4v) is 6.30. The monoisotopic (exact) mass is 560 g/mol. The van der Waals surface area contributed by atoms with E-state index in [2.05, 4.69) is 10.6 Å². The summed E-state index contributed by atoms with van der Waals surface area (Å²) in [4.78, 5) is 43.9. The lowest BCUT2D eigenvalue weighted by Gasteiger charge is -2.36. The van der Waals surface area contributed by atoms with Gasteiger partial charge in [0, 0.05) is 6.54 Å². The maximum Gasteiger partial charge on any atom is 0.410 e. The highest BCUT2D eigenvalue weighted by Crippen LogP contribution is 2.37. The van der Waals surface area contributed by atoms with Crippen molar-refractivity contribution in [2.75, 3.05) is 26.8 Å². The number of likely N-dealkylation sites (N-methyl/N-ethyl adjacent to an activating group) is 1. The summed E-state index contributed by atoms with van der Waals surface area (Å²) in [6, 6.07) is 7.41. The molecule has 2 saturated heterocycles. The largest absolute Gasteiger partial charge is 0.444 e. The number of fused-ring (bicyclic) bond motifs is 1. The molecule has 9 nitrogen and oxygen atoms in total. The van der Waals surface area contributed by atoms with Crippen LogP contribution in [0.1, 0.15) is 64.9 Å². The minimum absolute atomic E-state index is 0.0200. The quantitative estimate of drug-likeness (QED) is 0.480. The van der Waals surface area contributed by atoms with Crippen molar-refractivity contribution >= 4 is 17.9 Å². The molecular weight excluding hydrogens is 515 g/mol. The number of hydrogen-bond acceptors (Lipinski definition) is 6. The third-order valence-corrected chi connectivity index (χ3v) is 8.30. The molecule has 222 valence electrons. The molecule has 1 unspecified atom stereocenters. The molecule has 0 bridgehead atoms. The number of benzene rings is 1. The fraction of sp³-hybridized carbons (Fsp3) is 0.700. The third kappa shape index (κ3) is 7.13. The fourth-order valence-electron chi connectivity index (χ4n) is 6.30. The predicted octanol–water partition coefficient (Wildman–Crippen LogP) is 3.41. The van der Waals surface area contributed by atoms with Crippen molar-refractivity contribution in [3.63, 3.8) is 0 Å². The van der Waals surface area contributed by atoms with Gasteiger partial charge in [0.1, 0.15) is 24.4 Å². The lowest BCUT2D eigenvalue weighted by molar-refractivity contribution is -0.141. The van der Waals surface area contributed by atoms with E-state index in [1.165, 1.54) is 7.05 Å². The van der Waals surface area contributed by atoms with Crippen LogP contribution in [0.25, 0.3) is 0 Å². The molecule has 4 rings (SSSR count). The lowest BCUT2D eigenvalue weighted by Crippen LogP contribution is -2.58. The smallest absolute Gasteiger partial charge is 0.410 e. The summed E-state index contributed by atoms with van der Waals surface area (Å²) in [7, 11) is 1.53. The number of rotatable bonds is 9. The second kappa shape index (κ2) is 13.3. The molecule has 5 atom stereocenters. The number of carbonyl (C=O) groups is 3. The van der Waals surface area contributed by atoms with Gasteiger partial charge >= 0.3 is 6.09 Å². The van der Waals surface area contributed by atoms with Crippen molar-refractivity contribution in [2.45, 2.75) is 102 Å². The zero-order valence-corrected chi connectivity index (χ0v) is 24.2. The van der Waals surface area contributed by atoms with Crippen LogP contribution in [0.5, 0.6) is 0 Å². The van der Waals surface area contributed by atoms with Gasteiger partial charge in [0.05, 0.1) is 31.3 Å². The number of nitrogens with one attached hydrogen (secondary N) is 2. The highest BCUT2D eigenvalue weighted by molar-refractivity contribution is 5.90. The Labute approximate surface area is 237 Å². The molecule has 0 radical (unpaired) electrons. The summed E-state index contributed by atoms with van der Waals surface area (Å²) >= 11 is 0. The molecule has 3 amide bonds. The van der Waals surface area contributed by atoms with E-state index in [9.17, 15) is 18.8 Å². The van der Waals surface area contributed by atoms with Crippen LogP contribution >= 0.6 is 0 Å². The van der Waals surface area contributed by atoms with Crippen LogP contribution in [-0.4, -0.2) is 90.4 Å². The first kappa shape index (κ1) is 30.2. The van der Waals surface area contributed by atoms with Crippen LogP contribution in [-0.2, 0) is 25.7 Å². The van der Waals surface area contributed by atoms with E-state index >= 15 is 0 Å². The third-order valence-electron chi connectivity index (χ3n) is 8.30. The molecule has 2 aliphatic heterocycles. The summed E-state index contributed by atoms with van der Waals surface area (Å²) in [5.74, 6) is -0.711. The first-order chi connectivity index (χ1) is 19.1. The second-order valence-electron chi connectivity index (χ2n) is 12.2. The molecule has 10 heteroatoms. The zero-order valence-electron chi connectivity index (χ0n) is 24.2. The van der Waals surface area contributed by atoms with Crippen molar-refractivity contribution in [1.82, 2.24) is 20.4 Å². The molecule has 3 fully saturated rings. The van der Waals surface area contributed by atoms with E-state index in [-0.39, 0.29) is 23.9 Å². The Bertz CT molecular complexity index is 1010. The number of amides is 3. The van der Waals surface area contributed by atoms with Crippen LogP contribution in [0.15, 0.2) is 30.3 Å². The van der Waals surface area contributed by atoms with Gasteiger partial charge in [-0.1, -0.05) is 49.6 Å². The first-order valence-corrected chi connectivity index (χ1v) is 14.6. The topological polar surface area (TPSA) is 100 Å². The van der Waals surface area contributed by atoms with Gasteiger partial charge in [0.2, 0.25) is 11.8 Å². The maximum absolute atomic E-state index is 14.3. The second-order valence-corrected chi connectivity index (χ2v) is 12.2. The van der Waals surface area contributed by atoms with Crippen LogP contribution in [0.3, 0.4) is 0 Å². The Kier molecular flexibility index (Phi) is 10.1. The Morgan fingerprint density at radius 2 is 1.75 bits per heavy atom. The average molecular weight is 561 g/mol. The molecule has 0 aromatic heterocycles. The Hall–Kier alpha value is -2.72. The number of carbonyl (C=O) groups excluding carboxylic acids is 3. The molecule has 2 N–H and O–H groups in total. The molecule has 1 aliphatic carbocycles. The van der Waals surface area contributed by atoms with Gasteiger partial charge < -0.3 is 29.9 Å². The molecule has 1 aromatic carbocycles. The summed E-state index contributed by atoms with van der Waals surface area (Å²) < 4.78 is 25.6. The van der Waals surface area contributed by atoms with Crippen molar-refractivity contribution in [1.29, 1.82) is 0 Å². The summed E-state index contributed by atoms with van der Waals surface area (Å²) in [5, 5.41) is 5.60. The molecule has 1 aromatic rings. The Balaban J connectivity index is 1.58. The lowest BCUT2D eigenvalue weighted by atomic mass is 9.83. The van der Waals surface area contributed by atoms with E-state index < -0.39 is 42.5 Å². The van der Waals surface area contributed by atoms with Crippen LogP contribution in [0.4, 0.5) is 9.18 Å². The van der Waals surface area contributed by atoms with Crippen molar-refractivity contribution in [3.8, 4) is 0 Å². The minimum Gasteiger partial charge on any atom is -0.444 e. The molecule has 2 heterocycles. The summed E-state index contributed by atoms with van der Waals surface area (Å²) in [6.07, 6.45) is 4.50. The van der Waals surface area contributed by atoms with Crippen LogP contribution in [0.2, 0.25) is 0 Å². The normalized spacial score (nSPS) is 24.9. The highest BCUT2D eigenvalue weighted by atomic mass is 19.1. The number of likely N-dealkylation sites (tertiary alicyclic amines) is 2. The van der Waals surface area contributed by atoms with E-state index in [1.54, 1.807) is 9.80 Å². The van der Waals surface area contributed by atoms with Crippen molar-refractivity contribution in [2.24, 2.45) is 5.92 Å². The zero-order chi connectivity index (χ0) is 28.9. The highest BCUT2D eigenvalue weighted by Gasteiger charge is 2.54. The number of ether oxygens (including phenoxy) is 2. The number of nitrogens with zero attached hydrogens (tertiary/aromatic N) is 2. The van der Waals surface area contributed by atoms with Gasteiger partial charge in [0.25, 0.3) is 0 Å². The number of halogens is 1. The van der Waals surface area contributed by atoms with E-state index in [4.69, 9.17) is 9.47 Å². The van der Waals surface area contributed by atoms with E-state index in [0.717, 1.165) is 37.7 Å². The first-order valence-electron chi connectivity index (χ1n) is 14.6. The molecule has 3 aliphatic rings. The SMILES string of the molecule is CN[C@@H](CF)C(=O)N[C@H](C(=O)N1CC[C@@H]2C1[C@@H](OCc1ccccc1)CN2C(=O)OC(C)(C)C)C1CCCCC1. The predicted molar refractivity (Wildman–Crippen MR) is 149 cm³/mol. The number of hydrogen-bond donors (Lipinski definition) is 2. The Morgan fingerprint density at radius 3 is 2.38 bits per heavy atom. The van der Waals surface area contributed by atoms with Crippen LogP contribution < -0.4 is 10.6 Å². The summed E-state index contributed by atoms with van der Waals surface area (Å²) in [6.45, 7) is 5.74. The van der Waals surface area contributed by atoms with Gasteiger partial charge in [-0.05, 0) is 58.6 Å². The summed E-state index contributed by atoms with van der Waals surface area (Å²) in [5.41, 5.74) is 0.350. The molecule has 40 heavy (non-hydrogen) atoms. The van der Waals surface area contributed by atoms with E-state index in [1.807, 2.05) is 51.1 Å². The standard InChI is InChI=1S/C30H45FN4O5/c1-30(2,3)40-29(38)35-18-24(39-19-20-11-7-5-8-12-20)26-23(35)15-16-34(26)28(37)25(21-13-9-6-10-14-21)33-27(36)22(17-31)32-4/h5,7-8,11-12,21-26,32H,6,9-10,13-19H2,1-4H3,(H,33,36)/t22-,23+,24-,25-,26?/m0/s1. The maximum atomic E-state index is 14.3. The molecular formula is C30H45FN4O5. The van der Waals surface area contributed by atoms with E-state index in [0.29, 0.717) is 26.1 Å². The van der Waals surface area contributed by atoms with Crippen molar-refractivity contribution in [3.05, 3.63) is 35.9 Å². The number of alkyl halides is 1. The molecule has 0 spiro atoms.